The van der Waals surface area contributed by atoms with Gasteiger partial charge >= 0.3 is 0 Å². The molecule has 0 bridgehead atoms. The summed E-state index contributed by atoms with van der Waals surface area (Å²) in [5.74, 6) is -0.0939. The minimum absolute atomic E-state index is 0.00329. The summed E-state index contributed by atoms with van der Waals surface area (Å²) >= 11 is 0. The van der Waals surface area contributed by atoms with Gasteiger partial charge in [-0.3, -0.25) is 4.79 Å². The Morgan fingerprint density at radius 2 is 1.82 bits per heavy atom. The molecule has 1 aliphatic rings. The Bertz CT molecular complexity index is 665. The molecule has 0 aromatic heterocycles. The first-order chi connectivity index (χ1) is 10.6. The highest BCUT2D eigenvalue weighted by atomic mass is 19.1. The van der Waals surface area contributed by atoms with Gasteiger partial charge < -0.3 is 10.0 Å². The van der Waals surface area contributed by atoms with Gasteiger partial charge in [0.25, 0.3) is 0 Å². The molecule has 1 amide bonds. The van der Waals surface area contributed by atoms with Crippen LogP contribution in [0.25, 0.3) is 0 Å². The zero-order chi connectivity index (χ0) is 15.5. The van der Waals surface area contributed by atoms with E-state index in [9.17, 15) is 14.3 Å². The summed E-state index contributed by atoms with van der Waals surface area (Å²) in [5, 5.41) is 9.29. The Morgan fingerprint density at radius 1 is 1.14 bits per heavy atom. The number of carbonyl (C=O) groups is 1. The van der Waals surface area contributed by atoms with Gasteiger partial charge in [-0.05, 0) is 36.6 Å². The van der Waals surface area contributed by atoms with Crippen molar-refractivity contribution < 1.29 is 14.3 Å². The first kappa shape index (κ1) is 14.6. The lowest BCUT2D eigenvalue weighted by molar-refractivity contribution is -0.131. The molecule has 3 rings (SSSR count). The quantitative estimate of drug-likeness (QED) is 0.920. The van der Waals surface area contributed by atoms with Crippen LogP contribution in [0.3, 0.4) is 0 Å². The minimum atomic E-state index is -0.273. The molecule has 1 saturated carbocycles. The predicted octanol–water partition coefficient (Wildman–Crippen LogP) is 3.27. The zero-order valence-corrected chi connectivity index (χ0v) is 12.2. The fourth-order valence-corrected chi connectivity index (χ4v) is 2.51. The normalized spacial score (nSPS) is 13.9. The van der Waals surface area contributed by atoms with Crippen LogP contribution in [0.1, 0.15) is 24.0 Å². The Hall–Kier alpha value is -2.36. The lowest BCUT2D eigenvalue weighted by Crippen LogP contribution is -2.34. The molecule has 0 radical (unpaired) electrons. The molecule has 1 fully saturated rings. The molecular formula is C18H18FNO2. The van der Waals surface area contributed by atoms with Gasteiger partial charge in [0.2, 0.25) is 5.91 Å². The molecule has 1 N–H and O–H groups in total. The molecule has 114 valence electrons. The van der Waals surface area contributed by atoms with Crippen LogP contribution in [-0.4, -0.2) is 22.0 Å². The first-order valence-corrected chi connectivity index (χ1v) is 7.44. The molecule has 22 heavy (non-hydrogen) atoms. The second-order valence-corrected chi connectivity index (χ2v) is 5.69. The van der Waals surface area contributed by atoms with Crippen molar-refractivity contribution in [3.8, 4) is 5.75 Å². The third-order valence-corrected chi connectivity index (χ3v) is 3.90. The van der Waals surface area contributed by atoms with E-state index in [-0.39, 0.29) is 29.9 Å². The highest BCUT2D eigenvalue weighted by Crippen LogP contribution is 2.29. The molecule has 0 aliphatic heterocycles. The van der Waals surface area contributed by atoms with Crippen LogP contribution in [0.15, 0.2) is 48.5 Å². The largest absolute Gasteiger partial charge is 0.508 e. The maximum Gasteiger partial charge on any atom is 0.227 e. The number of hydrogen-bond acceptors (Lipinski definition) is 2. The van der Waals surface area contributed by atoms with Gasteiger partial charge in [0, 0.05) is 18.2 Å². The predicted molar refractivity (Wildman–Crippen MR) is 81.8 cm³/mol. The molecule has 0 spiro atoms. The molecular weight excluding hydrogens is 281 g/mol. The monoisotopic (exact) mass is 299 g/mol. The van der Waals surface area contributed by atoms with Crippen molar-refractivity contribution in [2.75, 3.05) is 0 Å². The first-order valence-electron chi connectivity index (χ1n) is 7.44. The van der Waals surface area contributed by atoms with Crippen LogP contribution in [-0.2, 0) is 17.8 Å². The highest BCUT2D eigenvalue weighted by molar-refractivity contribution is 5.79. The maximum atomic E-state index is 13.8. The maximum absolute atomic E-state index is 13.8. The van der Waals surface area contributed by atoms with Gasteiger partial charge in [0.05, 0.1) is 6.42 Å². The molecule has 0 unspecified atom stereocenters. The number of phenols is 1. The van der Waals surface area contributed by atoms with Crippen molar-refractivity contribution in [3.63, 3.8) is 0 Å². The number of benzene rings is 2. The van der Waals surface area contributed by atoms with Crippen LogP contribution >= 0.6 is 0 Å². The van der Waals surface area contributed by atoms with E-state index < -0.39 is 0 Å². The van der Waals surface area contributed by atoms with E-state index in [1.54, 1.807) is 47.4 Å². The molecule has 0 atom stereocenters. The molecule has 0 saturated heterocycles. The molecule has 3 nitrogen and oxygen atoms in total. The summed E-state index contributed by atoms with van der Waals surface area (Å²) in [5.41, 5.74) is 1.40. The fraction of sp³-hybridized carbons (Fsp3) is 0.278. The van der Waals surface area contributed by atoms with Crippen LogP contribution in [0.5, 0.6) is 5.75 Å². The van der Waals surface area contributed by atoms with Crippen LogP contribution in [0.2, 0.25) is 0 Å². The fourth-order valence-electron chi connectivity index (χ4n) is 2.51. The third-order valence-electron chi connectivity index (χ3n) is 3.90. The van der Waals surface area contributed by atoms with Crippen molar-refractivity contribution in [2.45, 2.75) is 31.8 Å². The lowest BCUT2D eigenvalue weighted by Gasteiger charge is -2.23. The summed E-state index contributed by atoms with van der Waals surface area (Å²) < 4.78 is 13.8. The topological polar surface area (TPSA) is 40.5 Å². The average molecular weight is 299 g/mol. The van der Waals surface area contributed by atoms with E-state index in [1.807, 2.05) is 0 Å². The van der Waals surface area contributed by atoms with Crippen molar-refractivity contribution in [1.29, 1.82) is 0 Å². The second-order valence-electron chi connectivity index (χ2n) is 5.69. The van der Waals surface area contributed by atoms with Crippen molar-refractivity contribution in [3.05, 3.63) is 65.5 Å². The van der Waals surface area contributed by atoms with E-state index in [0.717, 1.165) is 18.4 Å². The molecule has 0 heterocycles. The average Bonchev–Trinajstić information content (AvgIpc) is 3.33. The number of phenolic OH excluding ortho intramolecular Hbond substituents is 1. The minimum Gasteiger partial charge on any atom is -0.508 e. The van der Waals surface area contributed by atoms with E-state index in [0.29, 0.717) is 12.1 Å². The van der Waals surface area contributed by atoms with E-state index in [4.69, 9.17) is 0 Å². The van der Waals surface area contributed by atoms with E-state index in [1.165, 1.54) is 6.07 Å². The number of hydrogen-bond donors (Lipinski definition) is 1. The Morgan fingerprint density at radius 3 is 2.45 bits per heavy atom. The van der Waals surface area contributed by atoms with Crippen molar-refractivity contribution >= 4 is 5.91 Å². The van der Waals surface area contributed by atoms with E-state index >= 15 is 0 Å². The van der Waals surface area contributed by atoms with Gasteiger partial charge in [0.1, 0.15) is 11.6 Å². The molecule has 2 aromatic carbocycles. The number of halogens is 1. The molecule has 1 aliphatic carbocycles. The standard InChI is InChI=1S/C18H18FNO2/c19-17-4-2-1-3-14(17)12-20(15-7-8-15)18(22)11-13-5-9-16(21)10-6-13/h1-6,9-10,15,21H,7-8,11-12H2. The Balaban J connectivity index is 1.72. The Kier molecular flexibility index (Phi) is 4.09. The Labute approximate surface area is 129 Å². The number of rotatable bonds is 5. The smallest absolute Gasteiger partial charge is 0.227 e. The number of aromatic hydroxyl groups is 1. The number of amides is 1. The summed E-state index contributed by atoms with van der Waals surface area (Å²) in [6.45, 7) is 0.314. The van der Waals surface area contributed by atoms with Crippen LogP contribution < -0.4 is 0 Å². The van der Waals surface area contributed by atoms with Crippen molar-refractivity contribution in [2.24, 2.45) is 0 Å². The summed E-state index contributed by atoms with van der Waals surface area (Å²) in [6.07, 6.45) is 2.23. The van der Waals surface area contributed by atoms with Crippen LogP contribution in [0.4, 0.5) is 4.39 Å². The van der Waals surface area contributed by atoms with Gasteiger partial charge in [-0.25, -0.2) is 4.39 Å². The van der Waals surface area contributed by atoms with Gasteiger partial charge in [0.15, 0.2) is 0 Å². The summed E-state index contributed by atoms with van der Waals surface area (Å²) in [7, 11) is 0. The van der Waals surface area contributed by atoms with Gasteiger partial charge in [-0.15, -0.1) is 0 Å². The third kappa shape index (κ3) is 3.45. The second kappa shape index (κ2) is 6.18. The molecule has 2 aromatic rings. The number of carbonyl (C=O) groups excluding carboxylic acids is 1. The lowest BCUT2D eigenvalue weighted by atomic mass is 10.1. The highest BCUT2D eigenvalue weighted by Gasteiger charge is 2.32. The van der Waals surface area contributed by atoms with Crippen molar-refractivity contribution in [1.82, 2.24) is 4.90 Å². The van der Waals surface area contributed by atoms with E-state index in [2.05, 4.69) is 0 Å². The SMILES string of the molecule is O=C(Cc1ccc(O)cc1)N(Cc1ccccc1F)C1CC1. The van der Waals surface area contributed by atoms with Crippen LogP contribution in [0, 0.1) is 5.82 Å². The summed E-state index contributed by atoms with van der Waals surface area (Å²) in [4.78, 5) is 14.3. The van der Waals surface area contributed by atoms with Gasteiger partial charge in [-0.2, -0.15) is 0 Å². The zero-order valence-electron chi connectivity index (χ0n) is 12.2. The number of nitrogens with zero attached hydrogens (tertiary/aromatic N) is 1. The molecule has 4 heteroatoms. The summed E-state index contributed by atoms with van der Waals surface area (Å²) in [6, 6.07) is 13.4. The van der Waals surface area contributed by atoms with Gasteiger partial charge in [-0.1, -0.05) is 30.3 Å².